The van der Waals surface area contributed by atoms with Crippen LogP contribution in [0.1, 0.15) is 29.7 Å². The third-order valence-corrected chi connectivity index (χ3v) is 2.33. The molecule has 0 saturated carbocycles. The molecule has 0 bridgehead atoms. The molecule has 0 saturated heterocycles. The second kappa shape index (κ2) is 3.80. The van der Waals surface area contributed by atoms with Gasteiger partial charge in [-0.15, -0.1) is 0 Å². The molecule has 0 amide bonds. The summed E-state index contributed by atoms with van der Waals surface area (Å²) >= 11 is 0. The number of Topliss-reactive ketones (excluding diaryl/α,β-unsaturated/α-hetero) is 1. The van der Waals surface area contributed by atoms with E-state index in [0.29, 0.717) is 5.76 Å². The van der Waals surface area contributed by atoms with E-state index in [2.05, 4.69) is 11.4 Å². The molecule has 74 valence electrons. The van der Waals surface area contributed by atoms with Crippen molar-refractivity contribution in [3.8, 4) is 0 Å². The highest BCUT2D eigenvalue weighted by Crippen LogP contribution is 2.22. The monoisotopic (exact) mass is 191 g/mol. The summed E-state index contributed by atoms with van der Waals surface area (Å²) < 4.78 is 5.44. The topological polar surface area (TPSA) is 42.2 Å². The van der Waals surface area contributed by atoms with Gasteiger partial charge >= 0.3 is 0 Å². The van der Waals surface area contributed by atoms with Gasteiger partial charge in [0.15, 0.2) is 11.5 Å². The van der Waals surface area contributed by atoms with Crippen molar-refractivity contribution in [3.63, 3.8) is 0 Å². The third kappa shape index (κ3) is 1.77. The number of ketones is 1. The number of carbonyl (C=O) groups is 1. The van der Waals surface area contributed by atoms with Crippen LogP contribution < -0.4 is 5.32 Å². The third-order valence-electron chi connectivity index (χ3n) is 2.33. The van der Waals surface area contributed by atoms with E-state index < -0.39 is 0 Å². The lowest BCUT2D eigenvalue weighted by Gasteiger charge is -2.11. The number of rotatable bonds is 2. The molecule has 2 heterocycles. The lowest BCUT2D eigenvalue weighted by atomic mass is 10.1. The van der Waals surface area contributed by atoms with Gasteiger partial charge in [-0.25, -0.2) is 0 Å². The maximum Gasteiger partial charge on any atom is 0.194 e. The maximum atomic E-state index is 11.0. The van der Waals surface area contributed by atoms with Crippen LogP contribution in [0.15, 0.2) is 22.6 Å². The Morgan fingerprint density at radius 1 is 1.50 bits per heavy atom. The van der Waals surface area contributed by atoms with Crippen LogP contribution in [-0.2, 0) is 0 Å². The van der Waals surface area contributed by atoms with E-state index >= 15 is 0 Å². The molecule has 0 fully saturated rings. The summed E-state index contributed by atoms with van der Waals surface area (Å²) in [5, 5.41) is 3.23. The van der Waals surface area contributed by atoms with Gasteiger partial charge in [-0.05, 0) is 30.7 Å². The van der Waals surface area contributed by atoms with Gasteiger partial charge in [0.2, 0.25) is 0 Å². The molecule has 1 aromatic rings. The van der Waals surface area contributed by atoms with Gasteiger partial charge < -0.3 is 9.73 Å². The van der Waals surface area contributed by atoms with Crippen molar-refractivity contribution >= 4 is 11.4 Å². The standard InChI is InChI=1S/C11H13NO2/c1-8(13)10-2-3-11(14-10)9-4-6-12-7-5-9/h2-4,12H,5-7H2,1H3. The number of hydrogen-bond donors (Lipinski definition) is 1. The molecule has 0 aliphatic carbocycles. The van der Waals surface area contributed by atoms with Gasteiger partial charge in [0.25, 0.3) is 0 Å². The quantitative estimate of drug-likeness (QED) is 0.725. The van der Waals surface area contributed by atoms with Crippen LogP contribution in [0.5, 0.6) is 0 Å². The van der Waals surface area contributed by atoms with Gasteiger partial charge in [0.05, 0.1) is 0 Å². The molecule has 0 atom stereocenters. The van der Waals surface area contributed by atoms with Crippen LogP contribution in [0, 0.1) is 0 Å². The van der Waals surface area contributed by atoms with Crippen LogP contribution in [0.2, 0.25) is 0 Å². The Morgan fingerprint density at radius 3 is 2.93 bits per heavy atom. The Bertz CT molecular complexity index is 376. The first-order valence-electron chi connectivity index (χ1n) is 4.78. The molecule has 0 radical (unpaired) electrons. The van der Waals surface area contributed by atoms with Crippen LogP contribution in [-0.4, -0.2) is 18.9 Å². The normalized spacial score (nSPS) is 16.5. The Labute approximate surface area is 82.8 Å². The second-order valence-corrected chi connectivity index (χ2v) is 3.40. The van der Waals surface area contributed by atoms with Crippen LogP contribution >= 0.6 is 0 Å². The van der Waals surface area contributed by atoms with Gasteiger partial charge in [0, 0.05) is 13.5 Å². The van der Waals surface area contributed by atoms with E-state index in [1.165, 1.54) is 12.5 Å². The smallest absolute Gasteiger partial charge is 0.194 e. The minimum absolute atomic E-state index is 0.0224. The van der Waals surface area contributed by atoms with Crippen molar-refractivity contribution in [2.75, 3.05) is 13.1 Å². The van der Waals surface area contributed by atoms with Crippen molar-refractivity contribution in [1.29, 1.82) is 0 Å². The summed E-state index contributed by atoms with van der Waals surface area (Å²) in [4.78, 5) is 11.0. The van der Waals surface area contributed by atoms with E-state index in [9.17, 15) is 4.79 Å². The van der Waals surface area contributed by atoms with Crippen LogP contribution in [0.3, 0.4) is 0 Å². The first kappa shape index (κ1) is 9.21. The zero-order chi connectivity index (χ0) is 9.97. The molecule has 2 rings (SSSR count). The summed E-state index contributed by atoms with van der Waals surface area (Å²) in [7, 11) is 0. The minimum atomic E-state index is -0.0224. The first-order valence-corrected chi connectivity index (χ1v) is 4.78. The van der Waals surface area contributed by atoms with E-state index in [1.54, 1.807) is 6.07 Å². The second-order valence-electron chi connectivity index (χ2n) is 3.40. The van der Waals surface area contributed by atoms with Gasteiger partial charge in [0.1, 0.15) is 5.76 Å². The van der Waals surface area contributed by atoms with Gasteiger partial charge in [-0.1, -0.05) is 6.08 Å². The average Bonchev–Trinajstić information content (AvgIpc) is 2.68. The van der Waals surface area contributed by atoms with Crippen molar-refractivity contribution in [2.45, 2.75) is 13.3 Å². The molecule has 3 heteroatoms. The van der Waals surface area contributed by atoms with Crippen LogP contribution in [0.25, 0.3) is 5.57 Å². The number of furan rings is 1. The van der Waals surface area contributed by atoms with E-state index in [4.69, 9.17) is 4.42 Å². The van der Waals surface area contributed by atoms with Gasteiger partial charge in [-0.2, -0.15) is 0 Å². The number of hydrogen-bond acceptors (Lipinski definition) is 3. The Balaban J connectivity index is 2.23. The van der Waals surface area contributed by atoms with Crippen LogP contribution in [0.4, 0.5) is 0 Å². The molecule has 0 unspecified atom stereocenters. The minimum Gasteiger partial charge on any atom is -0.453 e. The molecule has 1 aliphatic rings. The first-order chi connectivity index (χ1) is 6.77. The molecule has 0 spiro atoms. The summed E-state index contributed by atoms with van der Waals surface area (Å²) in [5.41, 5.74) is 1.19. The van der Waals surface area contributed by atoms with Gasteiger partial charge in [-0.3, -0.25) is 4.79 Å². The predicted molar refractivity (Wildman–Crippen MR) is 54.2 cm³/mol. The molecule has 3 nitrogen and oxygen atoms in total. The molecule has 1 aliphatic heterocycles. The zero-order valence-electron chi connectivity index (χ0n) is 8.17. The van der Waals surface area contributed by atoms with Crippen molar-refractivity contribution in [1.82, 2.24) is 5.32 Å². The zero-order valence-corrected chi connectivity index (χ0v) is 8.17. The molecule has 14 heavy (non-hydrogen) atoms. The van der Waals surface area contributed by atoms with Crippen molar-refractivity contribution in [2.24, 2.45) is 0 Å². The van der Waals surface area contributed by atoms with Crippen molar-refractivity contribution < 1.29 is 9.21 Å². The highest BCUT2D eigenvalue weighted by molar-refractivity contribution is 5.91. The molecule has 1 aromatic heterocycles. The summed E-state index contributed by atoms with van der Waals surface area (Å²) in [6, 6.07) is 3.61. The molecular formula is C11H13NO2. The predicted octanol–water partition coefficient (Wildman–Crippen LogP) is 1.86. The van der Waals surface area contributed by atoms with E-state index in [0.717, 1.165) is 25.3 Å². The number of carbonyl (C=O) groups excluding carboxylic acids is 1. The SMILES string of the molecule is CC(=O)c1ccc(C2=CCNCC2)o1. The Hall–Kier alpha value is -1.35. The lowest BCUT2D eigenvalue weighted by molar-refractivity contribution is 0.0986. The highest BCUT2D eigenvalue weighted by atomic mass is 16.3. The molecule has 1 N–H and O–H groups in total. The van der Waals surface area contributed by atoms with E-state index in [-0.39, 0.29) is 5.78 Å². The molecular weight excluding hydrogens is 178 g/mol. The Morgan fingerprint density at radius 2 is 2.36 bits per heavy atom. The summed E-state index contributed by atoms with van der Waals surface area (Å²) in [6.45, 7) is 3.37. The van der Waals surface area contributed by atoms with Crippen molar-refractivity contribution in [3.05, 3.63) is 29.7 Å². The average molecular weight is 191 g/mol. The fourth-order valence-electron chi connectivity index (χ4n) is 1.55. The lowest BCUT2D eigenvalue weighted by Crippen LogP contribution is -2.19. The summed E-state index contributed by atoms with van der Waals surface area (Å²) in [5.74, 6) is 1.25. The fraction of sp³-hybridized carbons (Fsp3) is 0.364. The Kier molecular flexibility index (Phi) is 2.50. The summed E-state index contributed by atoms with van der Waals surface area (Å²) in [6.07, 6.45) is 3.07. The van der Waals surface area contributed by atoms with E-state index in [1.807, 2.05) is 6.07 Å². The largest absolute Gasteiger partial charge is 0.453 e. The maximum absolute atomic E-state index is 11.0. The number of nitrogens with one attached hydrogen (secondary N) is 1. The fourth-order valence-corrected chi connectivity index (χ4v) is 1.55. The molecule has 0 aromatic carbocycles. The highest BCUT2D eigenvalue weighted by Gasteiger charge is 2.11.